The number of barbiturate groups is 1. The third kappa shape index (κ3) is 3.62. The Kier molecular flexibility index (Phi) is 5.11. The van der Waals surface area contributed by atoms with Gasteiger partial charge in [0, 0.05) is 0 Å². The van der Waals surface area contributed by atoms with Crippen LogP contribution < -0.4 is 20.1 Å². The summed E-state index contributed by atoms with van der Waals surface area (Å²) in [4.78, 5) is 48.6. The zero-order valence-corrected chi connectivity index (χ0v) is 19.1. The molecule has 0 spiro atoms. The van der Waals surface area contributed by atoms with Gasteiger partial charge < -0.3 is 9.47 Å². The summed E-state index contributed by atoms with van der Waals surface area (Å²) in [6, 6.07) is 2.36. The van der Waals surface area contributed by atoms with Crippen LogP contribution in [0.15, 0.2) is 22.2 Å². The van der Waals surface area contributed by atoms with Gasteiger partial charge in [-0.05, 0) is 96.0 Å². The lowest BCUT2D eigenvalue weighted by Gasteiger charge is -2.55. The van der Waals surface area contributed by atoms with E-state index in [1.807, 2.05) is 10.6 Å². The number of rotatable bonds is 4. The fourth-order valence-corrected chi connectivity index (χ4v) is 6.80. The number of esters is 1. The first kappa shape index (κ1) is 21.2. The number of imide groups is 2. The predicted octanol–water partition coefficient (Wildman–Crippen LogP) is 3.33. The van der Waals surface area contributed by atoms with Crippen molar-refractivity contribution in [3.8, 4) is 11.5 Å². The van der Waals surface area contributed by atoms with E-state index in [0.717, 1.165) is 19.3 Å². The zero-order valence-electron chi connectivity index (χ0n) is 17.5. The Hall–Kier alpha value is -2.68. The van der Waals surface area contributed by atoms with E-state index in [-0.39, 0.29) is 17.3 Å². The van der Waals surface area contributed by atoms with Crippen LogP contribution in [0.3, 0.4) is 0 Å². The summed E-state index contributed by atoms with van der Waals surface area (Å²) in [6.45, 7) is 0. The highest BCUT2D eigenvalue weighted by molar-refractivity contribution is 9.10. The third-order valence-electron chi connectivity index (χ3n) is 7.17. The molecule has 8 nitrogen and oxygen atoms in total. The molecule has 2 N–H and O–H groups in total. The molecule has 32 heavy (non-hydrogen) atoms. The summed E-state index contributed by atoms with van der Waals surface area (Å²) in [5.74, 6) is 0.664. The number of amides is 4. The molecular formula is C23H23BrN2O6. The summed E-state index contributed by atoms with van der Waals surface area (Å²) in [5, 5.41) is 4.07. The molecule has 1 aromatic rings. The molecule has 0 aromatic heterocycles. The maximum atomic E-state index is 13.4. The van der Waals surface area contributed by atoms with Gasteiger partial charge in [-0.2, -0.15) is 0 Å². The second-order valence-electron chi connectivity index (χ2n) is 9.42. The van der Waals surface area contributed by atoms with Crippen molar-refractivity contribution in [1.29, 1.82) is 0 Å². The summed E-state index contributed by atoms with van der Waals surface area (Å²) in [5.41, 5.74) is -0.153. The van der Waals surface area contributed by atoms with Crippen LogP contribution in [0.4, 0.5) is 4.79 Å². The van der Waals surface area contributed by atoms with Crippen molar-refractivity contribution in [1.82, 2.24) is 10.6 Å². The molecule has 1 aliphatic heterocycles. The lowest BCUT2D eigenvalue weighted by Crippen LogP contribution is -2.51. The van der Waals surface area contributed by atoms with Crippen LogP contribution in [0, 0.1) is 23.2 Å². The minimum atomic E-state index is -0.858. The number of carbonyl (C=O) groups excluding carboxylic acids is 4. The average molecular weight is 503 g/mol. The SMILES string of the molecule is COc1cc(C=C2C(=O)NC(=O)NC2=O)cc(Br)c1OC(=O)C12CC3CC(CC(C3)C1)C2. The van der Waals surface area contributed by atoms with Gasteiger partial charge in [0.15, 0.2) is 11.5 Å². The van der Waals surface area contributed by atoms with Gasteiger partial charge in [0.2, 0.25) is 0 Å². The Bertz CT molecular complexity index is 1020. The van der Waals surface area contributed by atoms with Crippen LogP contribution in [-0.4, -0.2) is 30.9 Å². The standard InChI is InChI=1S/C23H23BrN2O6/c1-31-17-7-11(5-15-19(27)25-22(30)26-20(15)28)6-16(24)18(17)32-21(29)23-8-12-2-13(9-23)4-14(3-12)10-23/h5-7,12-14H,2-4,8-10H2,1H3,(H2,25,26,27,28,30). The van der Waals surface area contributed by atoms with Gasteiger partial charge in [0.05, 0.1) is 17.0 Å². The Morgan fingerprint density at radius 2 is 1.59 bits per heavy atom. The van der Waals surface area contributed by atoms with Crippen LogP contribution in [0.2, 0.25) is 0 Å². The molecule has 1 heterocycles. The fourth-order valence-electron chi connectivity index (χ4n) is 6.26. The second-order valence-corrected chi connectivity index (χ2v) is 10.3. The first-order valence-electron chi connectivity index (χ1n) is 10.7. The van der Waals surface area contributed by atoms with Crippen LogP contribution in [0.25, 0.3) is 6.08 Å². The van der Waals surface area contributed by atoms with Crippen molar-refractivity contribution in [2.24, 2.45) is 23.2 Å². The topological polar surface area (TPSA) is 111 Å². The number of halogens is 1. The van der Waals surface area contributed by atoms with Gasteiger partial charge in [-0.15, -0.1) is 0 Å². The molecule has 4 bridgehead atoms. The lowest BCUT2D eigenvalue weighted by atomic mass is 9.49. The Morgan fingerprint density at radius 3 is 2.12 bits per heavy atom. The number of methoxy groups -OCH3 is 1. The highest BCUT2D eigenvalue weighted by Crippen LogP contribution is 2.60. The van der Waals surface area contributed by atoms with E-state index in [4.69, 9.17) is 9.47 Å². The van der Waals surface area contributed by atoms with E-state index in [0.29, 0.717) is 33.5 Å². The summed E-state index contributed by atoms with van der Waals surface area (Å²) >= 11 is 3.44. The van der Waals surface area contributed by atoms with E-state index >= 15 is 0 Å². The number of benzene rings is 1. The first-order chi connectivity index (χ1) is 15.3. The third-order valence-corrected chi connectivity index (χ3v) is 7.76. The van der Waals surface area contributed by atoms with Gasteiger partial charge in [-0.3, -0.25) is 25.0 Å². The molecule has 1 saturated heterocycles. The number of carbonyl (C=O) groups is 4. The quantitative estimate of drug-likeness (QED) is 0.282. The normalized spacial score (nSPS) is 30.6. The van der Waals surface area contributed by atoms with Gasteiger partial charge in [0.1, 0.15) is 5.57 Å². The van der Waals surface area contributed by atoms with Gasteiger partial charge >= 0.3 is 12.0 Å². The molecule has 9 heteroatoms. The Labute approximate surface area is 193 Å². The molecule has 5 aliphatic rings. The minimum Gasteiger partial charge on any atom is -0.493 e. The van der Waals surface area contributed by atoms with Crippen molar-refractivity contribution in [2.75, 3.05) is 7.11 Å². The highest BCUT2D eigenvalue weighted by Gasteiger charge is 2.55. The molecule has 4 saturated carbocycles. The summed E-state index contributed by atoms with van der Waals surface area (Å²) in [6.07, 6.45) is 7.72. The van der Waals surface area contributed by atoms with E-state index in [2.05, 4.69) is 15.9 Å². The van der Waals surface area contributed by atoms with Crippen molar-refractivity contribution in [3.05, 3.63) is 27.7 Å². The van der Waals surface area contributed by atoms with Crippen LogP contribution in [-0.2, 0) is 14.4 Å². The Balaban J connectivity index is 1.41. The lowest BCUT2D eigenvalue weighted by molar-refractivity contribution is -0.161. The number of urea groups is 1. The van der Waals surface area contributed by atoms with Gasteiger partial charge in [0.25, 0.3) is 11.8 Å². The highest BCUT2D eigenvalue weighted by atomic mass is 79.9. The number of hydrogen-bond donors (Lipinski definition) is 2. The molecular weight excluding hydrogens is 480 g/mol. The monoisotopic (exact) mass is 502 g/mol. The van der Waals surface area contributed by atoms with Crippen molar-refractivity contribution < 1.29 is 28.7 Å². The van der Waals surface area contributed by atoms with Crippen LogP contribution in [0.5, 0.6) is 11.5 Å². The molecule has 0 unspecified atom stereocenters. The maximum Gasteiger partial charge on any atom is 0.328 e. The Morgan fingerprint density at radius 1 is 1.03 bits per heavy atom. The molecule has 4 amide bonds. The summed E-state index contributed by atoms with van der Waals surface area (Å²) in [7, 11) is 1.46. The number of nitrogens with one attached hydrogen (secondary N) is 2. The zero-order chi connectivity index (χ0) is 22.6. The maximum absolute atomic E-state index is 13.4. The van der Waals surface area contributed by atoms with Crippen molar-refractivity contribution in [3.63, 3.8) is 0 Å². The molecule has 4 aliphatic carbocycles. The first-order valence-corrected chi connectivity index (χ1v) is 11.5. The molecule has 5 fully saturated rings. The molecule has 168 valence electrons. The van der Waals surface area contributed by atoms with E-state index in [9.17, 15) is 19.2 Å². The molecule has 0 atom stereocenters. The minimum absolute atomic E-state index is 0.203. The second kappa shape index (κ2) is 7.72. The fraction of sp³-hybridized carbons (Fsp3) is 0.478. The van der Waals surface area contributed by atoms with Gasteiger partial charge in [-0.25, -0.2) is 4.79 Å². The average Bonchev–Trinajstić information content (AvgIpc) is 2.71. The predicted molar refractivity (Wildman–Crippen MR) is 117 cm³/mol. The van der Waals surface area contributed by atoms with Crippen LogP contribution in [0.1, 0.15) is 44.1 Å². The summed E-state index contributed by atoms with van der Waals surface area (Å²) < 4.78 is 11.8. The van der Waals surface area contributed by atoms with Crippen molar-refractivity contribution in [2.45, 2.75) is 38.5 Å². The molecule has 0 radical (unpaired) electrons. The van der Waals surface area contributed by atoms with E-state index in [1.165, 1.54) is 32.4 Å². The van der Waals surface area contributed by atoms with Crippen molar-refractivity contribution >= 4 is 45.8 Å². The van der Waals surface area contributed by atoms with Gasteiger partial charge in [-0.1, -0.05) is 0 Å². The van der Waals surface area contributed by atoms with E-state index < -0.39 is 23.3 Å². The molecule has 6 rings (SSSR count). The smallest absolute Gasteiger partial charge is 0.328 e. The van der Waals surface area contributed by atoms with E-state index in [1.54, 1.807) is 12.1 Å². The van der Waals surface area contributed by atoms with Crippen LogP contribution >= 0.6 is 15.9 Å². The number of hydrogen-bond acceptors (Lipinski definition) is 6. The number of ether oxygens (including phenoxy) is 2. The molecule has 1 aromatic carbocycles. The largest absolute Gasteiger partial charge is 0.493 e.